The maximum Gasteiger partial charge on any atom is 0.509 e. The quantitative estimate of drug-likeness (QED) is 0.534. The molecule has 0 saturated carbocycles. The Labute approximate surface area is 129 Å². The SMILES string of the molecule is COC(=O)OC(C#CCCCO)c1ccc2ccccc2c1. The van der Waals surface area contributed by atoms with Crippen LogP contribution in [-0.2, 0) is 9.47 Å². The summed E-state index contributed by atoms with van der Waals surface area (Å²) in [6, 6.07) is 13.7. The highest BCUT2D eigenvalue weighted by Gasteiger charge is 2.15. The van der Waals surface area contributed by atoms with Crippen LogP contribution in [0.25, 0.3) is 10.8 Å². The van der Waals surface area contributed by atoms with E-state index in [2.05, 4.69) is 16.6 Å². The Bertz CT molecular complexity index is 697. The first kappa shape index (κ1) is 15.9. The lowest BCUT2D eigenvalue weighted by Crippen LogP contribution is -2.10. The van der Waals surface area contributed by atoms with E-state index in [9.17, 15) is 4.79 Å². The van der Waals surface area contributed by atoms with Gasteiger partial charge in [-0.1, -0.05) is 48.2 Å². The fourth-order valence-corrected chi connectivity index (χ4v) is 2.03. The molecule has 2 rings (SSSR count). The first-order valence-electron chi connectivity index (χ1n) is 7.07. The molecule has 0 saturated heterocycles. The minimum absolute atomic E-state index is 0.0905. The molecule has 1 unspecified atom stereocenters. The van der Waals surface area contributed by atoms with Crippen molar-refractivity contribution >= 4 is 16.9 Å². The van der Waals surface area contributed by atoms with Gasteiger partial charge >= 0.3 is 6.16 Å². The minimum atomic E-state index is -0.769. The summed E-state index contributed by atoms with van der Waals surface area (Å²) < 4.78 is 9.77. The van der Waals surface area contributed by atoms with Gasteiger partial charge in [0.25, 0.3) is 0 Å². The van der Waals surface area contributed by atoms with E-state index in [4.69, 9.17) is 9.84 Å². The summed E-state index contributed by atoms with van der Waals surface area (Å²) in [5.74, 6) is 5.84. The molecule has 1 atom stereocenters. The number of hydrogen-bond acceptors (Lipinski definition) is 4. The molecule has 4 nitrogen and oxygen atoms in total. The standard InChI is InChI=1S/C18H18O4/c1-21-18(20)22-17(9-3-2-6-12-19)16-11-10-14-7-4-5-8-15(14)13-16/h4-5,7-8,10-11,13,17,19H,2,6,12H2,1H3. The fourth-order valence-electron chi connectivity index (χ4n) is 2.03. The molecular weight excluding hydrogens is 280 g/mol. The molecule has 0 aliphatic rings. The van der Waals surface area contributed by atoms with E-state index in [-0.39, 0.29) is 6.61 Å². The van der Waals surface area contributed by atoms with E-state index in [1.807, 2.05) is 42.5 Å². The van der Waals surface area contributed by atoms with Crippen LogP contribution in [0.3, 0.4) is 0 Å². The third-order valence-corrected chi connectivity index (χ3v) is 3.15. The molecule has 0 heterocycles. The molecular formula is C18H18O4. The van der Waals surface area contributed by atoms with E-state index in [1.54, 1.807) is 0 Å². The number of hydrogen-bond donors (Lipinski definition) is 1. The number of methoxy groups -OCH3 is 1. The number of carbonyl (C=O) groups is 1. The minimum Gasteiger partial charge on any atom is -0.438 e. The highest BCUT2D eigenvalue weighted by molar-refractivity contribution is 5.83. The molecule has 0 fully saturated rings. The molecule has 22 heavy (non-hydrogen) atoms. The average molecular weight is 298 g/mol. The second-order valence-electron chi connectivity index (χ2n) is 4.71. The smallest absolute Gasteiger partial charge is 0.438 e. The van der Waals surface area contributed by atoms with Crippen LogP contribution in [0.2, 0.25) is 0 Å². The Morgan fingerprint density at radius 2 is 2.00 bits per heavy atom. The Morgan fingerprint density at radius 3 is 2.73 bits per heavy atom. The zero-order chi connectivity index (χ0) is 15.8. The van der Waals surface area contributed by atoms with Crippen LogP contribution in [0.5, 0.6) is 0 Å². The number of benzene rings is 2. The van der Waals surface area contributed by atoms with E-state index < -0.39 is 12.3 Å². The van der Waals surface area contributed by atoms with Crippen molar-refractivity contribution in [3.05, 3.63) is 48.0 Å². The lowest BCUT2D eigenvalue weighted by atomic mass is 10.0. The average Bonchev–Trinajstić information content (AvgIpc) is 2.57. The third-order valence-electron chi connectivity index (χ3n) is 3.15. The van der Waals surface area contributed by atoms with Gasteiger partial charge in [-0.15, -0.1) is 0 Å². The van der Waals surface area contributed by atoms with Crippen molar-refractivity contribution in [1.82, 2.24) is 0 Å². The second-order valence-corrected chi connectivity index (χ2v) is 4.71. The Hall–Kier alpha value is -2.51. The van der Waals surface area contributed by atoms with Crippen LogP contribution in [0.1, 0.15) is 24.5 Å². The van der Waals surface area contributed by atoms with Gasteiger partial charge in [0.1, 0.15) is 0 Å². The van der Waals surface area contributed by atoms with Crippen LogP contribution in [0, 0.1) is 11.8 Å². The van der Waals surface area contributed by atoms with Gasteiger partial charge < -0.3 is 14.6 Å². The van der Waals surface area contributed by atoms with Crippen molar-refractivity contribution in [1.29, 1.82) is 0 Å². The zero-order valence-corrected chi connectivity index (χ0v) is 12.4. The van der Waals surface area contributed by atoms with Gasteiger partial charge in [0.2, 0.25) is 0 Å². The van der Waals surface area contributed by atoms with Gasteiger partial charge in [-0.05, 0) is 23.3 Å². The molecule has 0 aromatic heterocycles. The summed E-state index contributed by atoms with van der Waals surface area (Å²) in [4.78, 5) is 11.4. The molecule has 2 aromatic rings. The molecule has 114 valence electrons. The summed E-state index contributed by atoms with van der Waals surface area (Å²) in [6.07, 6.45) is -0.314. The normalized spacial score (nSPS) is 11.4. The molecule has 0 bridgehead atoms. The van der Waals surface area contributed by atoms with Crippen molar-refractivity contribution in [3.8, 4) is 11.8 Å². The lowest BCUT2D eigenvalue weighted by Gasteiger charge is -2.12. The molecule has 0 amide bonds. The van der Waals surface area contributed by atoms with Crippen molar-refractivity contribution in [2.45, 2.75) is 18.9 Å². The summed E-state index contributed by atoms with van der Waals surface area (Å²) in [7, 11) is 1.26. The predicted molar refractivity (Wildman–Crippen MR) is 84.3 cm³/mol. The Kier molecular flexibility index (Phi) is 5.81. The van der Waals surface area contributed by atoms with E-state index in [0.717, 1.165) is 16.3 Å². The summed E-state index contributed by atoms with van der Waals surface area (Å²) in [6.45, 7) is 0.0905. The van der Waals surface area contributed by atoms with Gasteiger partial charge in [0, 0.05) is 18.6 Å². The van der Waals surface area contributed by atoms with Gasteiger partial charge in [-0.2, -0.15) is 0 Å². The number of rotatable bonds is 4. The topological polar surface area (TPSA) is 55.8 Å². The molecule has 0 aliphatic carbocycles. The molecule has 0 radical (unpaired) electrons. The van der Waals surface area contributed by atoms with Crippen LogP contribution in [0.15, 0.2) is 42.5 Å². The Morgan fingerprint density at radius 1 is 1.23 bits per heavy atom. The predicted octanol–water partition coefficient (Wildman–Crippen LogP) is 3.44. The van der Waals surface area contributed by atoms with Crippen LogP contribution < -0.4 is 0 Å². The van der Waals surface area contributed by atoms with Crippen molar-refractivity contribution in [2.24, 2.45) is 0 Å². The number of fused-ring (bicyclic) bond motifs is 1. The fraction of sp³-hybridized carbons (Fsp3) is 0.278. The van der Waals surface area contributed by atoms with E-state index >= 15 is 0 Å². The molecule has 2 aromatic carbocycles. The summed E-state index contributed by atoms with van der Waals surface area (Å²) in [5.41, 5.74) is 0.792. The van der Waals surface area contributed by atoms with Crippen LogP contribution >= 0.6 is 0 Å². The number of ether oxygens (including phenoxy) is 2. The molecule has 0 aliphatic heterocycles. The maximum atomic E-state index is 11.4. The van der Waals surface area contributed by atoms with Gasteiger partial charge in [0.15, 0.2) is 6.10 Å². The summed E-state index contributed by atoms with van der Waals surface area (Å²) >= 11 is 0. The van der Waals surface area contributed by atoms with Crippen molar-refractivity contribution in [2.75, 3.05) is 13.7 Å². The largest absolute Gasteiger partial charge is 0.509 e. The van der Waals surface area contributed by atoms with E-state index in [0.29, 0.717) is 12.8 Å². The summed E-state index contributed by atoms with van der Waals surface area (Å²) in [5, 5.41) is 10.9. The molecule has 1 N–H and O–H groups in total. The van der Waals surface area contributed by atoms with Crippen molar-refractivity contribution < 1.29 is 19.4 Å². The second kappa shape index (κ2) is 8.06. The monoisotopic (exact) mass is 298 g/mol. The lowest BCUT2D eigenvalue weighted by molar-refractivity contribution is 0.0550. The van der Waals surface area contributed by atoms with Crippen molar-refractivity contribution in [3.63, 3.8) is 0 Å². The number of unbranched alkanes of at least 4 members (excludes halogenated alkanes) is 1. The number of aliphatic hydroxyl groups is 1. The van der Waals surface area contributed by atoms with Crippen LogP contribution in [0.4, 0.5) is 4.79 Å². The number of aliphatic hydroxyl groups excluding tert-OH is 1. The first-order chi connectivity index (χ1) is 10.7. The highest BCUT2D eigenvalue weighted by Crippen LogP contribution is 2.23. The molecule has 4 heteroatoms. The number of carbonyl (C=O) groups excluding carboxylic acids is 1. The maximum absolute atomic E-state index is 11.4. The molecule has 0 spiro atoms. The Balaban J connectivity index is 2.27. The highest BCUT2D eigenvalue weighted by atomic mass is 16.7. The third kappa shape index (κ3) is 4.24. The van der Waals surface area contributed by atoms with Gasteiger partial charge in [0.05, 0.1) is 7.11 Å². The first-order valence-corrected chi connectivity index (χ1v) is 7.07. The van der Waals surface area contributed by atoms with Crippen LogP contribution in [-0.4, -0.2) is 25.0 Å². The van der Waals surface area contributed by atoms with Gasteiger partial charge in [-0.3, -0.25) is 0 Å². The van der Waals surface area contributed by atoms with Gasteiger partial charge in [-0.25, -0.2) is 4.79 Å². The zero-order valence-electron chi connectivity index (χ0n) is 12.4. The van der Waals surface area contributed by atoms with E-state index in [1.165, 1.54) is 7.11 Å².